The van der Waals surface area contributed by atoms with Gasteiger partial charge < -0.3 is 16.0 Å². The maximum Gasteiger partial charge on any atom is 0.241 e. The summed E-state index contributed by atoms with van der Waals surface area (Å²) in [7, 11) is 0. The first-order valence-electron chi connectivity index (χ1n) is 7.59. The number of nitrogens with two attached hydrogens (primary N) is 1. The molecule has 0 fully saturated rings. The molecule has 6 nitrogen and oxygen atoms in total. The van der Waals surface area contributed by atoms with Crippen LogP contribution in [0.4, 0.5) is 5.69 Å². The molecule has 1 atom stereocenters. The first kappa shape index (κ1) is 17.7. The molecule has 1 aromatic heterocycles. The summed E-state index contributed by atoms with van der Waals surface area (Å²) in [5, 5.41) is 7.09. The van der Waals surface area contributed by atoms with Crippen LogP contribution in [0.2, 0.25) is 0 Å². The molecule has 1 aromatic rings. The van der Waals surface area contributed by atoms with E-state index >= 15 is 0 Å². The van der Waals surface area contributed by atoms with Crippen molar-refractivity contribution in [3.63, 3.8) is 0 Å². The van der Waals surface area contributed by atoms with E-state index in [9.17, 15) is 4.79 Å². The largest absolute Gasteiger partial charge is 0.322 e. The van der Waals surface area contributed by atoms with Gasteiger partial charge in [-0.15, -0.1) is 0 Å². The number of hydrogen-bond donors (Lipinski definition) is 2. The predicted molar refractivity (Wildman–Crippen MR) is 86.1 cm³/mol. The molecule has 0 aliphatic carbocycles. The van der Waals surface area contributed by atoms with Crippen LogP contribution in [0.3, 0.4) is 0 Å². The second-order valence-corrected chi connectivity index (χ2v) is 6.35. The monoisotopic (exact) mass is 295 g/mol. The molecule has 0 aliphatic heterocycles. The fraction of sp³-hybridized carbons (Fsp3) is 0.733. The minimum Gasteiger partial charge on any atom is -0.322 e. The van der Waals surface area contributed by atoms with Crippen molar-refractivity contribution in [2.24, 2.45) is 11.1 Å². The zero-order valence-electron chi connectivity index (χ0n) is 13.9. The summed E-state index contributed by atoms with van der Waals surface area (Å²) in [6.07, 6.45) is 3.51. The topological polar surface area (TPSA) is 76.2 Å². The predicted octanol–water partition coefficient (Wildman–Crippen LogP) is 1.54. The molecule has 0 saturated heterocycles. The van der Waals surface area contributed by atoms with Crippen molar-refractivity contribution in [3.8, 4) is 0 Å². The van der Waals surface area contributed by atoms with Crippen molar-refractivity contribution in [2.45, 2.75) is 47.2 Å². The fourth-order valence-corrected chi connectivity index (χ4v) is 1.95. The van der Waals surface area contributed by atoms with Crippen molar-refractivity contribution in [1.82, 2.24) is 14.7 Å². The van der Waals surface area contributed by atoms with E-state index in [1.165, 1.54) is 0 Å². The summed E-state index contributed by atoms with van der Waals surface area (Å²) < 4.78 is 1.84. The lowest BCUT2D eigenvalue weighted by Crippen LogP contribution is -2.45. The molecule has 120 valence electrons. The number of amides is 1. The van der Waals surface area contributed by atoms with E-state index in [4.69, 9.17) is 5.73 Å². The Labute approximate surface area is 127 Å². The maximum atomic E-state index is 12.0. The summed E-state index contributed by atoms with van der Waals surface area (Å²) >= 11 is 0. The lowest BCUT2D eigenvalue weighted by molar-refractivity contribution is -0.119. The van der Waals surface area contributed by atoms with Gasteiger partial charge in [0, 0.05) is 12.7 Å². The quantitative estimate of drug-likeness (QED) is 0.800. The summed E-state index contributed by atoms with van der Waals surface area (Å²) in [5.74, 6) is -0.175. The molecule has 6 heteroatoms. The number of likely N-dealkylation sites (N-methyl/N-ethyl adjacent to an activating group) is 1. The minimum absolute atomic E-state index is 0.175. The molecule has 0 aliphatic rings. The minimum atomic E-state index is -0.545. The smallest absolute Gasteiger partial charge is 0.241 e. The van der Waals surface area contributed by atoms with Gasteiger partial charge in [0.25, 0.3) is 0 Å². The lowest BCUT2D eigenvalue weighted by atomic mass is 9.87. The van der Waals surface area contributed by atoms with Gasteiger partial charge in [-0.1, -0.05) is 34.6 Å². The highest BCUT2D eigenvalue weighted by Gasteiger charge is 2.27. The van der Waals surface area contributed by atoms with Crippen LogP contribution in [0, 0.1) is 5.41 Å². The number of nitrogens with one attached hydrogen (secondary N) is 1. The zero-order valence-corrected chi connectivity index (χ0v) is 13.9. The Morgan fingerprint density at radius 3 is 2.57 bits per heavy atom. The standard InChI is InChI=1S/C15H29N5O/c1-6-19(7-2)8-9-20-11-12(10-17-20)18-14(21)13(16)15(3,4)5/h10-11,13H,6-9,16H2,1-5H3,(H,18,21)/t13-/m0/s1. The van der Waals surface area contributed by atoms with Gasteiger partial charge in [0.1, 0.15) is 0 Å². The van der Waals surface area contributed by atoms with Crippen molar-refractivity contribution >= 4 is 11.6 Å². The fourth-order valence-electron chi connectivity index (χ4n) is 1.95. The van der Waals surface area contributed by atoms with E-state index in [1.54, 1.807) is 6.20 Å². The van der Waals surface area contributed by atoms with Crippen LogP contribution in [0.15, 0.2) is 12.4 Å². The molecule has 0 unspecified atom stereocenters. The summed E-state index contributed by atoms with van der Waals surface area (Å²) in [6.45, 7) is 14.0. The number of aromatic nitrogens is 2. The third-order valence-corrected chi connectivity index (χ3v) is 3.66. The molecule has 0 aromatic carbocycles. The van der Waals surface area contributed by atoms with Gasteiger partial charge in [0.2, 0.25) is 5.91 Å². The van der Waals surface area contributed by atoms with Crippen LogP contribution in [0.1, 0.15) is 34.6 Å². The molecule has 1 rings (SSSR count). The van der Waals surface area contributed by atoms with Crippen LogP contribution < -0.4 is 11.1 Å². The van der Waals surface area contributed by atoms with Crippen molar-refractivity contribution < 1.29 is 4.79 Å². The Balaban J connectivity index is 2.54. The number of carbonyl (C=O) groups is 1. The highest BCUT2D eigenvalue weighted by Crippen LogP contribution is 2.18. The zero-order chi connectivity index (χ0) is 16.0. The first-order chi connectivity index (χ1) is 9.77. The molecular formula is C15H29N5O. The first-order valence-corrected chi connectivity index (χ1v) is 7.59. The molecule has 0 spiro atoms. The molecule has 21 heavy (non-hydrogen) atoms. The van der Waals surface area contributed by atoms with E-state index in [0.717, 1.165) is 26.2 Å². The van der Waals surface area contributed by atoms with Crippen LogP contribution in [0.25, 0.3) is 0 Å². The molecular weight excluding hydrogens is 266 g/mol. The third kappa shape index (κ3) is 5.47. The van der Waals surface area contributed by atoms with E-state index in [0.29, 0.717) is 5.69 Å². The second kappa shape index (κ2) is 7.56. The Kier molecular flexibility index (Phi) is 6.36. The Hall–Kier alpha value is -1.40. The Bertz CT molecular complexity index is 445. The van der Waals surface area contributed by atoms with Crippen LogP contribution >= 0.6 is 0 Å². The number of rotatable bonds is 7. The van der Waals surface area contributed by atoms with Gasteiger partial charge in [-0.3, -0.25) is 9.48 Å². The second-order valence-electron chi connectivity index (χ2n) is 6.35. The van der Waals surface area contributed by atoms with Gasteiger partial charge >= 0.3 is 0 Å². The molecule has 0 saturated carbocycles. The lowest BCUT2D eigenvalue weighted by Gasteiger charge is -2.25. The summed E-state index contributed by atoms with van der Waals surface area (Å²) in [5.41, 5.74) is 6.37. The van der Waals surface area contributed by atoms with Crippen molar-refractivity contribution in [1.29, 1.82) is 0 Å². The number of carbonyl (C=O) groups excluding carboxylic acids is 1. The maximum absolute atomic E-state index is 12.0. The average molecular weight is 295 g/mol. The molecule has 0 radical (unpaired) electrons. The number of nitrogens with zero attached hydrogens (tertiary/aromatic N) is 3. The highest BCUT2D eigenvalue weighted by molar-refractivity contribution is 5.94. The summed E-state index contributed by atoms with van der Waals surface area (Å²) in [6, 6.07) is -0.545. The summed E-state index contributed by atoms with van der Waals surface area (Å²) in [4.78, 5) is 14.4. The van der Waals surface area contributed by atoms with E-state index in [-0.39, 0.29) is 11.3 Å². The highest BCUT2D eigenvalue weighted by atomic mass is 16.2. The van der Waals surface area contributed by atoms with Gasteiger partial charge in [-0.05, 0) is 18.5 Å². The Morgan fingerprint density at radius 2 is 2.05 bits per heavy atom. The van der Waals surface area contributed by atoms with Crippen molar-refractivity contribution in [3.05, 3.63) is 12.4 Å². The molecule has 0 bridgehead atoms. The third-order valence-electron chi connectivity index (χ3n) is 3.66. The number of hydrogen-bond acceptors (Lipinski definition) is 4. The van der Waals surface area contributed by atoms with E-state index < -0.39 is 6.04 Å². The average Bonchev–Trinajstić information content (AvgIpc) is 2.85. The van der Waals surface area contributed by atoms with Crippen molar-refractivity contribution in [2.75, 3.05) is 25.0 Å². The number of anilines is 1. The SMILES string of the molecule is CCN(CC)CCn1cc(NC(=O)[C@H](N)C(C)(C)C)cn1. The van der Waals surface area contributed by atoms with Gasteiger partial charge in [-0.25, -0.2) is 0 Å². The van der Waals surface area contributed by atoms with Crippen LogP contribution in [0.5, 0.6) is 0 Å². The molecule has 3 N–H and O–H groups in total. The Morgan fingerprint density at radius 1 is 1.43 bits per heavy atom. The van der Waals surface area contributed by atoms with Gasteiger partial charge in [0.05, 0.1) is 24.5 Å². The van der Waals surface area contributed by atoms with Gasteiger partial charge in [0.15, 0.2) is 0 Å². The molecule has 1 amide bonds. The van der Waals surface area contributed by atoms with E-state index in [1.807, 2.05) is 31.6 Å². The van der Waals surface area contributed by atoms with Crippen LogP contribution in [-0.4, -0.2) is 46.3 Å². The van der Waals surface area contributed by atoms with Gasteiger partial charge in [-0.2, -0.15) is 5.10 Å². The molecule has 1 heterocycles. The normalized spacial score (nSPS) is 13.5. The van der Waals surface area contributed by atoms with E-state index in [2.05, 4.69) is 29.2 Å². The van der Waals surface area contributed by atoms with Crippen LogP contribution in [-0.2, 0) is 11.3 Å².